The van der Waals surface area contributed by atoms with E-state index in [1.807, 2.05) is 45.0 Å². The van der Waals surface area contributed by atoms with E-state index in [9.17, 15) is 4.79 Å². The Morgan fingerprint density at radius 3 is 2.47 bits per heavy atom. The molecule has 0 saturated carbocycles. The van der Waals surface area contributed by atoms with E-state index in [1.54, 1.807) is 7.11 Å². The minimum Gasteiger partial charge on any atom is -0.370 e. The van der Waals surface area contributed by atoms with E-state index in [2.05, 4.69) is 0 Å². The van der Waals surface area contributed by atoms with Crippen LogP contribution in [0.25, 0.3) is 0 Å². The Balaban J connectivity index is 3.09. The van der Waals surface area contributed by atoms with Gasteiger partial charge in [-0.2, -0.15) is 0 Å². The average molecular weight is 206 g/mol. The number of methoxy groups -OCH3 is 1. The molecule has 0 fully saturated rings. The van der Waals surface area contributed by atoms with Crippen LogP contribution in [-0.4, -0.2) is 18.5 Å². The molecule has 1 rings (SSSR count). The van der Waals surface area contributed by atoms with Crippen LogP contribution in [-0.2, 0) is 4.74 Å². The number of rotatable bonds is 4. The summed E-state index contributed by atoms with van der Waals surface area (Å²) in [5.41, 5.74) is 1.05. The fourth-order valence-electron chi connectivity index (χ4n) is 1.51. The van der Waals surface area contributed by atoms with Gasteiger partial charge in [-0.1, -0.05) is 31.2 Å². The lowest BCUT2D eigenvalue weighted by Crippen LogP contribution is -2.37. The van der Waals surface area contributed by atoms with Gasteiger partial charge in [-0.05, 0) is 25.8 Å². The molecule has 0 spiro atoms. The highest BCUT2D eigenvalue weighted by molar-refractivity contribution is 6.03. The highest BCUT2D eigenvalue weighted by Gasteiger charge is 2.32. The first kappa shape index (κ1) is 11.9. The van der Waals surface area contributed by atoms with Crippen molar-refractivity contribution >= 4 is 5.78 Å². The smallest absolute Gasteiger partial charge is 0.194 e. The van der Waals surface area contributed by atoms with Crippen molar-refractivity contribution in [3.63, 3.8) is 0 Å². The maximum absolute atomic E-state index is 12.2. The molecule has 0 aliphatic heterocycles. The Kier molecular flexibility index (Phi) is 3.64. The van der Waals surface area contributed by atoms with E-state index in [0.717, 1.165) is 11.1 Å². The first-order valence-electron chi connectivity index (χ1n) is 5.20. The Morgan fingerprint density at radius 1 is 1.40 bits per heavy atom. The third-order valence-electron chi connectivity index (χ3n) is 3.00. The lowest BCUT2D eigenvalue weighted by Gasteiger charge is -2.25. The molecule has 1 aromatic rings. The van der Waals surface area contributed by atoms with Crippen LogP contribution in [0.2, 0.25) is 0 Å². The molecule has 0 heterocycles. The summed E-state index contributed by atoms with van der Waals surface area (Å²) >= 11 is 0. The predicted octanol–water partition coefficient (Wildman–Crippen LogP) is 2.99. The molecule has 0 saturated heterocycles. The van der Waals surface area contributed by atoms with Crippen molar-refractivity contribution in [2.75, 3.05) is 7.11 Å². The SMILES string of the molecule is CCC(C)(OC)C(=O)c1ccccc1C. The molecular formula is C13H18O2. The van der Waals surface area contributed by atoms with Gasteiger partial charge in [-0.3, -0.25) is 4.79 Å². The van der Waals surface area contributed by atoms with Gasteiger partial charge in [0.05, 0.1) is 0 Å². The second-order valence-electron chi connectivity index (χ2n) is 3.93. The van der Waals surface area contributed by atoms with Gasteiger partial charge in [0, 0.05) is 12.7 Å². The summed E-state index contributed by atoms with van der Waals surface area (Å²) in [5.74, 6) is 0.0607. The van der Waals surface area contributed by atoms with Crippen molar-refractivity contribution < 1.29 is 9.53 Å². The summed E-state index contributed by atoms with van der Waals surface area (Å²) in [5, 5.41) is 0. The minimum absolute atomic E-state index is 0.0607. The first-order valence-corrected chi connectivity index (χ1v) is 5.20. The van der Waals surface area contributed by atoms with Crippen molar-refractivity contribution in [3.05, 3.63) is 35.4 Å². The number of Topliss-reactive ketones (excluding diaryl/α,β-unsaturated/α-hetero) is 1. The first-order chi connectivity index (χ1) is 7.05. The quantitative estimate of drug-likeness (QED) is 0.708. The molecule has 0 bridgehead atoms. The second kappa shape index (κ2) is 4.58. The standard InChI is InChI=1S/C13H18O2/c1-5-13(3,15-4)12(14)11-9-7-6-8-10(11)2/h6-9H,5H2,1-4H3. The summed E-state index contributed by atoms with van der Waals surface area (Å²) < 4.78 is 5.31. The molecular weight excluding hydrogens is 188 g/mol. The van der Waals surface area contributed by atoms with Crippen molar-refractivity contribution in [1.82, 2.24) is 0 Å². The number of benzene rings is 1. The van der Waals surface area contributed by atoms with Crippen LogP contribution in [0.5, 0.6) is 0 Å². The van der Waals surface area contributed by atoms with Crippen LogP contribution in [0, 0.1) is 6.92 Å². The number of aryl methyl sites for hydroxylation is 1. The fraction of sp³-hybridized carbons (Fsp3) is 0.462. The lowest BCUT2D eigenvalue weighted by molar-refractivity contribution is 0.0105. The zero-order valence-electron chi connectivity index (χ0n) is 9.83. The third-order valence-corrected chi connectivity index (χ3v) is 3.00. The van der Waals surface area contributed by atoms with E-state index in [1.165, 1.54) is 0 Å². The molecule has 15 heavy (non-hydrogen) atoms. The van der Waals surface area contributed by atoms with Crippen molar-refractivity contribution in [1.29, 1.82) is 0 Å². The maximum atomic E-state index is 12.2. The molecule has 0 N–H and O–H groups in total. The number of ether oxygens (including phenoxy) is 1. The Bertz CT molecular complexity index is 351. The normalized spacial score (nSPS) is 14.7. The third kappa shape index (κ3) is 2.26. The van der Waals surface area contributed by atoms with Gasteiger partial charge >= 0.3 is 0 Å². The maximum Gasteiger partial charge on any atom is 0.194 e. The van der Waals surface area contributed by atoms with Gasteiger partial charge in [0.25, 0.3) is 0 Å². The molecule has 0 aliphatic carbocycles. The van der Waals surface area contributed by atoms with E-state index < -0.39 is 5.60 Å². The Morgan fingerprint density at radius 2 is 2.00 bits per heavy atom. The minimum atomic E-state index is -0.702. The number of hydrogen-bond acceptors (Lipinski definition) is 2. The number of carbonyl (C=O) groups excluding carboxylic acids is 1. The predicted molar refractivity (Wildman–Crippen MR) is 61.2 cm³/mol. The van der Waals surface area contributed by atoms with Gasteiger partial charge in [0.2, 0.25) is 0 Å². The number of ketones is 1. The van der Waals surface area contributed by atoms with Gasteiger partial charge in [-0.15, -0.1) is 0 Å². The lowest BCUT2D eigenvalue weighted by atomic mass is 9.90. The molecule has 1 unspecified atom stereocenters. The van der Waals surface area contributed by atoms with Crippen molar-refractivity contribution in [2.45, 2.75) is 32.8 Å². The molecule has 0 aromatic heterocycles. The molecule has 2 nitrogen and oxygen atoms in total. The Hall–Kier alpha value is -1.15. The summed E-state index contributed by atoms with van der Waals surface area (Å²) in [6, 6.07) is 7.61. The van der Waals surface area contributed by atoms with Gasteiger partial charge in [0.15, 0.2) is 5.78 Å². The van der Waals surface area contributed by atoms with Crippen molar-refractivity contribution in [2.24, 2.45) is 0 Å². The Labute approximate surface area is 91.3 Å². The summed E-state index contributed by atoms with van der Waals surface area (Å²) in [6.45, 7) is 5.74. The van der Waals surface area contributed by atoms with Crippen LogP contribution in [0.3, 0.4) is 0 Å². The fourth-order valence-corrected chi connectivity index (χ4v) is 1.51. The zero-order chi connectivity index (χ0) is 11.5. The molecule has 1 atom stereocenters. The molecule has 0 amide bonds. The van der Waals surface area contributed by atoms with Crippen LogP contribution in [0.1, 0.15) is 36.2 Å². The van der Waals surface area contributed by atoms with Gasteiger partial charge in [0.1, 0.15) is 5.60 Å². The molecule has 1 aromatic carbocycles. The highest BCUT2D eigenvalue weighted by Crippen LogP contribution is 2.22. The molecule has 82 valence electrons. The number of hydrogen-bond donors (Lipinski definition) is 0. The monoisotopic (exact) mass is 206 g/mol. The van der Waals surface area contributed by atoms with Crippen LogP contribution < -0.4 is 0 Å². The zero-order valence-corrected chi connectivity index (χ0v) is 9.83. The summed E-state index contributed by atoms with van der Waals surface area (Å²) in [6.07, 6.45) is 0.677. The molecule has 0 radical (unpaired) electrons. The van der Waals surface area contributed by atoms with Gasteiger partial charge < -0.3 is 4.74 Å². The van der Waals surface area contributed by atoms with Crippen LogP contribution in [0.15, 0.2) is 24.3 Å². The van der Waals surface area contributed by atoms with E-state index in [0.29, 0.717) is 6.42 Å². The topological polar surface area (TPSA) is 26.3 Å². The van der Waals surface area contributed by atoms with Crippen molar-refractivity contribution in [3.8, 4) is 0 Å². The van der Waals surface area contributed by atoms with E-state index >= 15 is 0 Å². The van der Waals surface area contributed by atoms with Gasteiger partial charge in [-0.25, -0.2) is 0 Å². The average Bonchev–Trinajstić information content (AvgIpc) is 2.28. The summed E-state index contributed by atoms with van der Waals surface area (Å²) in [4.78, 5) is 12.2. The second-order valence-corrected chi connectivity index (χ2v) is 3.93. The number of carbonyl (C=O) groups is 1. The molecule has 0 aliphatic rings. The van der Waals surface area contributed by atoms with E-state index in [-0.39, 0.29) is 5.78 Å². The molecule has 2 heteroatoms. The largest absolute Gasteiger partial charge is 0.370 e. The van der Waals surface area contributed by atoms with E-state index in [4.69, 9.17) is 4.74 Å². The highest BCUT2D eigenvalue weighted by atomic mass is 16.5. The van der Waals surface area contributed by atoms with Crippen LogP contribution >= 0.6 is 0 Å². The summed E-state index contributed by atoms with van der Waals surface area (Å²) in [7, 11) is 1.58. The van der Waals surface area contributed by atoms with Crippen LogP contribution in [0.4, 0.5) is 0 Å².